The van der Waals surface area contributed by atoms with Crippen LogP contribution in [0.25, 0.3) is 0 Å². The molecule has 0 aromatic rings. The minimum atomic E-state index is 0.140. The molecular formula is C48H98N4O2. The van der Waals surface area contributed by atoms with Gasteiger partial charge in [0.15, 0.2) is 0 Å². The molecule has 0 aromatic heterocycles. The van der Waals surface area contributed by atoms with E-state index in [2.05, 4.69) is 48.1 Å². The Bertz CT molecular complexity index is 661. The lowest BCUT2D eigenvalue weighted by atomic mass is 10.1. The molecule has 322 valence electrons. The van der Waals surface area contributed by atoms with Gasteiger partial charge < -0.3 is 20.4 Å². The van der Waals surface area contributed by atoms with Crippen molar-refractivity contribution in [3.63, 3.8) is 0 Å². The third-order valence-electron chi connectivity index (χ3n) is 11.4. The standard InChI is InChI=1S/C48H98N4O2/c1-5-9-13-17-21-25-31-37-43-51(44-38-32-26-22-18-14-10-6-2)47(53)49-41-35-29-30-36-42-50-48(54)52(45-39-33-27-23-19-15-11-7-3)46-40-34-28-24-20-16-12-8-4/h5-46H2,1-4H3,(H,49,53)(H,50,54). The second kappa shape index (κ2) is 44.3. The largest absolute Gasteiger partial charge is 0.338 e. The lowest BCUT2D eigenvalue weighted by Gasteiger charge is -2.23. The fourth-order valence-electron chi connectivity index (χ4n) is 7.59. The van der Waals surface area contributed by atoms with Gasteiger partial charge >= 0.3 is 12.1 Å². The zero-order valence-electron chi connectivity index (χ0n) is 37.4. The highest BCUT2D eigenvalue weighted by Gasteiger charge is 2.14. The number of urea groups is 2. The first-order valence-electron chi connectivity index (χ1n) is 24.7. The third-order valence-corrected chi connectivity index (χ3v) is 11.4. The van der Waals surface area contributed by atoms with Crippen molar-refractivity contribution in [1.29, 1.82) is 0 Å². The predicted molar refractivity (Wildman–Crippen MR) is 239 cm³/mol. The van der Waals surface area contributed by atoms with Crippen LogP contribution in [-0.2, 0) is 0 Å². The number of amides is 4. The summed E-state index contributed by atoms with van der Waals surface area (Å²) < 4.78 is 0. The van der Waals surface area contributed by atoms with E-state index in [1.807, 2.05) is 0 Å². The lowest BCUT2D eigenvalue weighted by molar-refractivity contribution is 0.193. The molecule has 0 bridgehead atoms. The molecule has 2 N–H and O–H groups in total. The Balaban J connectivity index is 4.43. The van der Waals surface area contributed by atoms with Gasteiger partial charge in [-0.2, -0.15) is 0 Å². The summed E-state index contributed by atoms with van der Waals surface area (Å²) >= 11 is 0. The summed E-state index contributed by atoms with van der Waals surface area (Å²) in [5, 5.41) is 6.50. The lowest BCUT2D eigenvalue weighted by Crippen LogP contribution is -2.41. The highest BCUT2D eigenvalue weighted by atomic mass is 16.2. The van der Waals surface area contributed by atoms with E-state index in [1.54, 1.807) is 0 Å². The molecule has 6 nitrogen and oxygen atoms in total. The van der Waals surface area contributed by atoms with Crippen LogP contribution in [0.15, 0.2) is 0 Å². The third kappa shape index (κ3) is 37.5. The van der Waals surface area contributed by atoms with Crippen molar-refractivity contribution in [1.82, 2.24) is 20.4 Å². The summed E-state index contributed by atoms with van der Waals surface area (Å²) in [6, 6.07) is 0.280. The van der Waals surface area contributed by atoms with E-state index >= 15 is 0 Å². The van der Waals surface area contributed by atoms with Crippen molar-refractivity contribution in [3.8, 4) is 0 Å². The zero-order chi connectivity index (χ0) is 39.4. The van der Waals surface area contributed by atoms with Crippen LogP contribution in [-0.4, -0.2) is 61.1 Å². The molecule has 0 unspecified atom stereocenters. The zero-order valence-corrected chi connectivity index (χ0v) is 37.4. The van der Waals surface area contributed by atoms with Gasteiger partial charge in [0.05, 0.1) is 0 Å². The van der Waals surface area contributed by atoms with Crippen molar-refractivity contribution in [3.05, 3.63) is 0 Å². The second-order valence-electron chi connectivity index (χ2n) is 16.8. The van der Waals surface area contributed by atoms with Crippen molar-refractivity contribution in [2.45, 2.75) is 259 Å². The van der Waals surface area contributed by atoms with Crippen LogP contribution >= 0.6 is 0 Å². The fraction of sp³-hybridized carbons (Fsp3) is 0.958. The van der Waals surface area contributed by atoms with Crippen LogP contribution in [0.2, 0.25) is 0 Å². The van der Waals surface area contributed by atoms with E-state index in [-0.39, 0.29) is 12.1 Å². The Kier molecular flexibility index (Phi) is 43.1. The molecule has 6 heteroatoms. The first kappa shape index (κ1) is 52.5. The molecular weight excluding hydrogens is 665 g/mol. The molecule has 0 radical (unpaired) electrons. The van der Waals surface area contributed by atoms with E-state index in [0.717, 1.165) is 90.6 Å². The van der Waals surface area contributed by atoms with Gasteiger partial charge in [-0.3, -0.25) is 0 Å². The van der Waals surface area contributed by atoms with Gasteiger partial charge in [0.25, 0.3) is 0 Å². The van der Waals surface area contributed by atoms with Crippen molar-refractivity contribution in [2.75, 3.05) is 39.3 Å². The molecule has 0 saturated carbocycles. The van der Waals surface area contributed by atoms with Crippen LogP contribution in [0.1, 0.15) is 259 Å². The summed E-state index contributed by atoms with van der Waals surface area (Å²) in [5.41, 5.74) is 0. The molecule has 54 heavy (non-hydrogen) atoms. The normalized spacial score (nSPS) is 11.3. The Morgan fingerprint density at radius 1 is 0.278 bits per heavy atom. The highest BCUT2D eigenvalue weighted by Crippen LogP contribution is 2.14. The van der Waals surface area contributed by atoms with Crippen LogP contribution in [0.5, 0.6) is 0 Å². The van der Waals surface area contributed by atoms with Crippen LogP contribution < -0.4 is 10.6 Å². The number of nitrogens with zero attached hydrogens (tertiary/aromatic N) is 2. The maximum absolute atomic E-state index is 13.2. The monoisotopic (exact) mass is 763 g/mol. The topological polar surface area (TPSA) is 64.7 Å². The number of hydrogen-bond donors (Lipinski definition) is 2. The minimum absolute atomic E-state index is 0.140. The molecule has 4 amide bonds. The maximum Gasteiger partial charge on any atom is 0.317 e. The number of hydrogen-bond acceptors (Lipinski definition) is 2. The van der Waals surface area contributed by atoms with Crippen LogP contribution in [0.4, 0.5) is 9.59 Å². The molecule has 0 saturated heterocycles. The van der Waals surface area contributed by atoms with E-state index in [9.17, 15) is 9.59 Å². The summed E-state index contributed by atoms with van der Waals surface area (Å²) in [7, 11) is 0. The van der Waals surface area contributed by atoms with Gasteiger partial charge in [-0.25, -0.2) is 9.59 Å². The van der Waals surface area contributed by atoms with Gasteiger partial charge in [-0.15, -0.1) is 0 Å². The molecule has 0 spiro atoms. The minimum Gasteiger partial charge on any atom is -0.338 e. The van der Waals surface area contributed by atoms with Crippen molar-refractivity contribution < 1.29 is 9.59 Å². The van der Waals surface area contributed by atoms with Gasteiger partial charge in [-0.1, -0.05) is 220 Å². The SMILES string of the molecule is CCCCCCCCCCN(CCCCCCCCCC)C(=O)NCCCCCCNC(=O)N(CCCCCCCCCC)CCCCCCCCCC. The Labute approximate surface area is 339 Å². The first-order valence-corrected chi connectivity index (χ1v) is 24.7. The predicted octanol–water partition coefficient (Wildman–Crippen LogP) is 15.1. The Morgan fingerprint density at radius 2 is 0.463 bits per heavy atom. The smallest absolute Gasteiger partial charge is 0.317 e. The van der Waals surface area contributed by atoms with Crippen LogP contribution in [0.3, 0.4) is 0 Å². The average molecular weight is 763 g/mol. The number of unbranched alkanes of at least 4 members (excludes halogenated alkanes) is 31. The number of rotatable bonds is 43. The molecule has 0 aliphatic heterocycles. The summed E-state index contributed by atoms with van der Waals surface area (Å²) in [6.07, 6.45) is 45.8. The second-order valence-corrected chi connectivity index (χ2v) is 16.8. The van der Waals surface area contributed by atoms with E-state index in [0.29, 0.717) is 0 Å². The molecule has 0 heterocycles. The fourth-order valence-corrected chi connectivity index (χ4v) is 7.59. The summed E-state index contributed by atoms with van der Waals surface area (Å²) in [6.45, 7) is 14.2. The summed E-state index contributed by atoms with van der Waals surface area (Å²) in [5.74, 6) is 0. The number of carbonyl (C=O) groups excluding carboxylic acids is 2. The maximum atomic E-state index is 13.2. The van der Waals surface area contributed by atoms with Gasteiger partial charge in [0.2, 0.25) is 0 Å². The quantitative estimate of drug-likeness (QED) is 0.0608. The van der Waals surface area contributed by atoms with Gasteiger partial charge in [0, 0.05) is 39.3 Å². The van der Waals surface area contributed by atoms with Gasteiger partial charge in [-0.05, 0) is 38.5 Å². The van der Waals surface area contributed by atoms with Crippen molar-refractivity contribution in [2.24, 2.45) is 0 Å². The number of nitrogens with one attached hydrogen (secondary N) is 2. The molecule has 0 atom stereocenters. The van der Waals surface area contributed by atoms with E-state index in [1.165, 1.54) is 180 Å². The first-order chi connectivity index (χ1) is 26.6. The average Bonchev–Trinajstić information content (AvgIpc) is 3.18. The summed E-state index contributed by atoms with van der Waals surface area (Å²) in [4.78, 5) is 30.6. The molecule has 0 rings (SSSR count). The Hall–Kier alpha value is -1.46. The van der Waals surface area contributed by atoms with E-state index < -0.39 is 0 Å². The van der Waals surface area contributed by atoms with Crippen LogP contribution in [0, 0.1) is 0 Å². The van der Waals surface area contributed by atoms with Gasteiger partial charge in [0.1, 0.15) is 0 Å². The van der Waals surface area contributed by atoms with E-state index in [4.69, 9.17) is 0 Å². The molecule has 0 aromatic carbocycles. The molecule has 0 aliphatic carbocycles. The highest BCUT2D eigenvalue weighted by molar-refractivity contribution is 5.74. The number of carbonyl (C=O) groups is 2. The molecule has 0 aliphatic rings. The molecule has 0 fully saturated rings. The van der Waals surface area contributed by atoms with Crippen molar-refractivity contribution >= 4 is 12.1 Å². The Morgan fingerprint density at radius 3 is 0.685 bits per heavy atom.